The van der Waals surface area contributed by atoms with Gasteiger partial charge in [-0.25, -0.2) is 8.78 Å². The maximum atomic E-state index is 13.6. The van der Waals surface area contributed by atoms with Gasteiger partial charge in [0.05, 0.1) is 5.02 Å². The lowest BCUT2D eigenvalue weighted by molar-refractivity contribution is -0.122. The van der Waals surface area contributed by atoms with E-state index in [4.69, 9.17) is 11.6 Å². The Morgan fingerprint density at radius 3 is 2.44 bits per heavy atom. The molecule has 2 N–H and O–H groups in total. The number of hydrogen-bond donors (Lipinski definition) is 2. The molecule has 1 unspecified atom stereocenters. The molecule has 1 heterocycles. The molecule has 0 aliphatic carbocycles. The van der Waals surface area contributed by atoms with E-state index in [1.54, 1.807) is 23.7 Å². The molecule has 0 saturated heterocycles. The number of fused-ring (bicyclic) bond motifs is 1. The lowest BCUT2D eigenvalue weighted by atomic mass is 10.1. The molecule has 5 nitrogen and oxygen atoms in total. The first kappa shape index (κ1) is 18.8. The number of amides is 2. The van der Waals surface area contributed by atoms with Crippen LogP contribution in [0, 0.1) is 11.6 Å². The summed E-state index contributed by atoms with van der Waals surface area (Å²) < 4.78 is 28.4. The fourth-order valence-electron chi connectivity index (χ4n) is 2.93. The molecule has 3 aromatic rings. The van der Waals surface area contributed by atoms with Crippen LogP contribution in [0.2, 0.25) is 5.02 Å². The SMILES string of the molecule is CNC(=O)C(NC(=O)c1c(Cl)c2ccccc2n1C)c1ccc(F)c(F)c1. The summed E-state index contributed by atoms with van der Waals surface area (Å²) in [5.41, 5.74) is 1.02. The molecule has 3 rings (SSSR count). The minimum atomic E-state index is -1.22. The van der Waals surface area contributed by atoms with Crippen molar-refractivity contribution < 1.29 is 18.4 Å². The van der Waals surface area contributed by atoms with Crippen molar-refractivity contribution in [2.45, 2.75) is 6.04 Å². The predicted octanol–water partition coefficient (Wildman–Crippen LogP) is 3.33. The first-order valence-corrected chi connectivity index (χ1v) is 8.43. The topological polar surface area (TPSA) is 63.1 Å². The van der Waals surface area contributed by atoms with Crippen molar-refractivity contribution in [3.63, 3.8) is 0 Å². The Bertz CT molecular complexity index is 1010. The van der Waals surface area contributed by atoms with Crippen LogP contribution in [-0.2, 0) is 11.8 Å². The number of aryl methyl sites for hydroxylation is 1. The van der Waals surface area contributed by atoms with Gasteiger partial charge in [0, 0.05) is 25.0 Å². The third kappa shape index (κ3) is 3.38. The molecule has 0 aliphatic rings. The van der Waals surface area contributed by atoms with Gasteiger partial charge in [0.15, 0.2) is 11.6 Å². The Kier molecular flexibility index (Phi) is 5.14. The van der Waals surface area contributed by atoms with E-state index in [-0.39, 0.29) is 16.3 Å². The van der Waals surface area contributed by atoms with Crippen LogP contribution in [0.3, 0.4) is 0 Å². The molecule has 27 heavy (non-hydrogen) atoms. The smallest absolute Gasteiger partial charge is 0.270 e. The second-order valence-corrected chi connectivity index (χ2v) is 6.31. The van der Waals surface area contributed by atoms with E-state index >= 15 is 0 Å². The molecule has 0 radical (unpaired) electrons. The van der Waals surface area contributed by atoms with Crippen LogP contribution in [0.1, 0.15) is 22.1 Å². The molecular formula is C19H16ClF2N3O2. The molecule has 1 atom stereocenters. The van der Waals surface area contributed by atoms with Gasteiger partial charge < -0.3 is 15.2 Å². The fourth-order valence-corrected chi connectivity index (χ4v) is 3.31. The van der Waals surface area contributed by atoms with Crippen LogP contribution in [0.15, 0.2) is 42.5 Å². The van der Waals surface area contributed by atoms with Crippen molar-refractivity contribution in [2.75, 3.05) is 7.05 Å². The van der Waals surface area contributed by atoms with Gasteiger partial charge in [0.25, 0.3) is 5.91 Å². The van der Waals surface area contributed by atoms with Crippen LogP contribution < -0.4 is 10.6 Å². The number of carbonyl (C=O) groups excluding carboxylic acids is 2. The van der Waals surface area contributed by atoms with Crippen LogP contribution in [0.5, 0.6) is 0 Å². The number of hydrogen-bond acceptors (Lipinski definition) is 2. The quantitative estimate of drug-likeness (QED) is 0.716. The number of nitrogens with zero attached hydrogens (tertiary/aromatic N) is 1. The van der Waals surface area contributed by atoms with Gasteiger partial charge in [-0.1, -0.05) is 35.9 Å². The van der Waals surface area contributed by atoms with Gasteiger partial charge >= 0.3 is 0 Å². The molecule has 0 bridgehead atoms. The van der Waals surface area contributed by atoms with E-state index < -0.39 is 29.5 Å². The first-order chi connectivity index (χ1) is 12.8. The minimum absolute atomic E-state index is 0.108. The molecular weight excluding hydrogens is 376 g/mol. The molecule has 2 aromatic carbocycles. The summed E-state index contributed by atoms with van der Waals surface area (Å²) >= 11 is 6.35. The number of carbonyl (C=O) groups is 2. The lowest BCUT2D eigenvalue weighted by Crippen LogP contribution is -2.39. The summed E-state index contributed by atoms with van der Waals surface area (Å²) in [6.45, 7) is 0. The molecule has 0 fully saturated rings. The monoisotopic (exact) mass is 391 g/mol. The number of halogens is 3. The number of rotatable bonds is 4. The average Bonchev–Trinajstić information content (AvgIpc) is 2.92. The van der Waals surface area contributed by atoms with Gasteiger partial charge in [0.1, 0.15) is 11.7 Å². The van der Waals surface area contributed by atoms with Gasteiger partial charge in [-0.3, -0.25) is 9.59 Å². The molecule has 0 saturated carbocycles. The minimum Gasteiger partial charge on any atom is -0.357 e. The van der Waals surface area contributed by atoms with E-state index in [0.29, 0.717) is 5.39 Å². The summed E-state index contributed by atoms with van der Waals surface area (Å²) in [5, 5.41) is 5.88. The van der Waals surface area contributed by atoms with Crippen LogP contribution in [0.25, 0.3) is 10.9 Å². The largest absolute Gasteiger partial charge is 0.357 e. The van der Waals surface area contributed by atoms with Crippen LogP contribution >= 0.6 is 11.6 Å². The number of benzene rings is 2. The summed E-state index contributed by atoms with van der Waals surface area (Å²) in [6.07, 6.45) is 0. The molecule has 0 aliphatic heterocycles. The van der Waals surface area contributed by atoms with Gasteiger partial charge in [-0.2, -0.15) is 0 Å². The Balaban J connectivity index is 2.00. The van der Waals surface area contributed by atoms with Crippen molar-refractivity contribution in [3.05, 3.63) is 70.4 Å². The highest BCUT2D eigenvalue weighted by molar-refractivity contribution is 6.38. The Morgan fingerprint density at radius 2 is 1.81 bits per heavy atom. The first-order valence-electron chi connectivity index (χ1n) is 8.05. The zero-order chi connectivity index (χ0) is 19.7. The third-order valence-electron chi connectivity index (χ3n) is 4.32. The van der Waals surface area contributed by atoms with Gasteiger partial charge in [0.2, 0.25) is 5.91 Å². The Labute approximate surface area is 158 Å². The number of nitrogens with one attached hydrogen (secondary N) is 2. The highest BCUT2D eigenvalue weighted by Crippen LogP contribution is 2.30. The van der Waals surface area contributed by atoms with Crippen molar-refractivity contribution in [1.82, 2.24) is 15.2 Å². The van der Waals surface area contributed by atoms with E-state index in [9.17, 15) is 18.4 Å². The lowest BCUT2D eigenvalue weighted by Gasteiger charge is -2.18. The summed E-state index contributed by atoms with van der Waals surface area (Å²) in [4.78, 5) is 25.1. The van der Waals surface area contributed by atoms with E-state index in [0.717, 1.165) is 17.6 Å². The van der Waals surface area contributed by atoms with Gasteiger partial charge in [-0.05, 0) is 23.8 Å². The van der Waals surface area contributed by atoms with Crippen molar-refractivity contribution in [2.24, 2.45) is 7.05 Å². The molecule has 140 valence electrons. The molecule has 0 spiro atoms. The van der Waals surface area contributed by atoms with E-state index in [1.807, 2.05) is 12.1 Å². The van der Waals surface area contributed by atoms with Crippen molar-refractivity contribution >= 4 is 34.3 Å². The summed E-state index contributed by atoms with van der Waals surface area (Å²) in [6, 6.07) is 8.99. The maximum Gasteiger partial charge on any atom is 0.270 e. The summed E-state index contributed by atoms with van der Waals surface area (Å²) in [7, 11) is 3.06. The highest BCUT2D eigenvalue weighted by Gasteiger charge is 2.27. The van der Waals surface area contributed by atoms with Crippen molar-refractivity contribution in [1.29, 1.82) is 0 Å². The zero-order valence-electron chi connectivity index (χ0n) is 14.5. The van der Waals surface area contributed by atoms with Crippen molar-refractivity contribution in [3.8, 4) is 0 Å². The molecule has 2 amide bonds. The van der Waals surface area contributed by atoms with Gasteiger partial charge in [-0.15, -0.1) is 0 Å². The predicted molar refractivity (Wildman–Crippen MR) is 98.6 cm³/mol. The maximum absolute atomic E-state index is 13.6. The van der Waals surface area contributed by atoms with Crippen LogP contribution in [0.4, 0.5) is 8.78 Å². The fraction of sp³-hybridized carbons (Fsp3) is 0.158. The number of aromatic nitrogens is 1. The summed E-state index contributed by atoms with van der Waals surface area (Å²) in [5.74, 6) is -3.35. The molecule has 1 aromatic heterocycles. The average molecular weight is 392 g/mol. The van der Waals surface area contributed by atoms with E-state index in [2.05, 4.69) is 10.6 Å². The third-order valence-corrected chi connectivity index (χ3v) is 4.70. The van der Waals surface area contributed by atoms with Crippen LogP contribution in [-0.4, -0.2) is 23.4 Å². The highest BCUT2D eigenvalue weighted by atomic mass is 35.5. The Hall–Kier alpha value is -2.93. The second kappa shape index (κ2) is 7.36. The standard InChI is InChI=1S/C19H16ClF2N3O2/c1-23-18(26)16(10-7-8-12(21)13(22)9-10)24-19(27)17-15(20)11-5-3-4-6-14(11)25(17)2/h3-9,16H,1-2H3,(H,23,26)(H,24,27). The number of likely N-dealkylation sites (N-methyl/N-ethyl adjacent to an activating group) is 1. The van der Waals surface area contributed by atoms with E-state index in [1.165, 1.54) is 13.1 Å². The Morgan fingerprint density at radius 1 is 1.11 bits per heavy atom. The zero-order valence-corrected chi connectivity index (χ0v) is 15.3. The number of para-hydroxylation sites is 1. The second-order valence-electron chi connectivity index (χ2n) is 5.93. The normalized spacial score (nSPS) is 12.0. The molecule has 8 heteroatoms.